The minimum absolute atomic E-state index is 0.0804. The molecule has 1 atom stereocenters. The number of nitrogens with one attached hydrogen (secondary N) is 1. The lowest BCUT2D eigenvalue weighted by molar-refractivity contribution is -0.119. The molecule has 7 heteroatoms. The Hall–Kier alpha value is -1.63. The number of anilines is 1. The lowest BCUT2D eigenvalue weighted by Crippen LogP contribution is -2.30. The van der Waals surface area contributed by atoms with Crippen molar-refractivity contribution in [3.05, 3.63) is 29.8 Å². The fraction of sp³-hybridized carbons (Fsp3) is 0.467. The van der Waals surface area contributed by atoms with Crippen LogP contribution >= 0.6 is 11.8 Å². The number of para-hydroxylation sites is 1. The summed E-state index contributed by atoms with van der Waals surface area (Å²) in [6.45, 7) is 2.34. The van der Waals surface area contributed by atoms with Gasteiger partial charge in [-0.15, -0.1) is 11.8 Å². The van der Waals surface area contributed by atoms with E-state index >= 15 is 0 Å². The molecule has 2 rings (SSSR count). The van der Waals surface area contributed by atoms with E-state index in [4.69, 9.17) is 0 Å². The molecule has 0 unspecified atom stereocenters. The number of halogens is 2. The number of hydrogen-bond donors (Lipinski definition) is 1. The summed E-state index contributed by atoms with van der Waals surface area (Å²) >= 11 is 1.47. The van der Waals surface area contributed by atoms with Crippen molar-refractivity contribution in [2.75, 3.05) is 23.7 Å². The maximum absolute atomic E-state index is 13.7. The summed E-state index contributed by atoms with van der Waals surface area (Å²) in [5.74, 6) is -1.06. The molecule has 0 aromatic heterocycles. The van der Waals surface area contributed by atoms with Crippen molar-refractivity contribution in [2.45, 2.75) is 25.0 Å². The zero-order valence-electron chi connectivity index (χ0n) is 12.3. The topological polar surface area (TPSA) is 49.4 Å². The Morgan fingerprint density at radius 1 is 1.41 bits per heavy atom. The summed E-state index contributed by atoms with van der Waals surface area (Å²) in [6.07, 6.45) is 1.32. The minimum Gasteiger partial charge on any atom is -0.356 e. The number of rotatable bonds is 6. The highest BCUT2D eigenvalue weighted by atomic mass is 32.2. The van der Waals surface area contributed by atoms with Crippen molar-refractivity contribution in [3.8, 4) is 0 Å². The molecule has 1 saturated heterocycles. The smallest absolute Gasteiger partial charge is 0.240 e. The second-order valence-electron chi connectivity index (χ2n) is 5.04. The highest BCUT2D eigenvalue weighted by Gasteiger charge is 2.35. The molecule has 1 heterocycles. The molecular formula is C15H18F2N2O2S. The molecule has 2 amide bonds. The van der Waals surface area contributed by atoms with Crippen LogP contribution < -0.4 is 10.2 Å². The third-order valence-electron chi connectivity index (χ3n) is 3.38. The van der Waals surface area contributed by atoms with Gasteiger partial charge < -0.3 is 10.2 Å². The van der Waals surface area contributed by atoms with Crippen LogP contribution in [0.25, 0.3) is 0 Å². The van der Waals surface area contributed by atoms with Crippen molar-refractivity contribution in [2.24, 2.45) is 0 Å². The van der Waals surface area contributed by atoms with E-state index in [1.165, 1.54) is 29.7 Å². The fourth-order valence-corrected chi connectivity index (χ4v) is 3.48. The van der Waals surface area contributed by atoms with Gasteiger partial charge in [0.25, 0.3) is 0 Å². The molecule has 1 aliphatic heterocycles. The fourth-order valence-electron chi connectivity index (χ4n) is 2.34. The quantitative estimate of drug-likeness (QED) is 0.816. The summed E-state index contributed by atoms with van der Waals surface area (Å²) < 4.78 is 27.5. The van der Waals surface area contributed by atoms with Crippen LogP contribution in [0.1, 0.15) is 19.8 Å². The van der Waals surface area contributed by atoms with E-state index in [1.807, 2.05) is 0 Å². The number of amides is 2. The zero-order chi connectivity index (χ0) is 16.1. The molecule has 4 nitrogen and oxygen atoms in total. The van der Waals surface area contributed by atoms with E-state index in [0.29, 0.717) is 25.3 Å². The first-order chi connectivity index (χ1) is 10.5. The number of benzene rings is 1. The zero-order valence-corrected chi connectivity index (χ0v) is 13.1. The SMILES string of the molecule is CC(=O)NCCCS[C@@H]1CCN(c2c(F)cccc2F)C1=O. The molecule has 1 aromatic carbocycles. The average molecular weight is 328 g/mol. The summed E-state index contributed by atoms with van der Waals surface area (Å²) in [5.41, 5.74) is -0.256. The van der Waals surface area contributed by atoms with Crippen molar-refractivity contribution in [3.63, 3.8) is 0 Å². The highest BCUT2D eigenvalue weighted by molar-refractivity contribution is 8.00. The second-order valence-corrected chi connectivity index (χ2v) is 6.36. The molecule has 1 aliphatic rings. The van der Waals surface area contributed by atoms with Crippen molar-refractivity contribution in [1.82, 2.24) is 5.32 Å². The Kier molecular flexibility index (Phi) is 5.76. The Morgan fingerprint density at radius 2 is 2.09 bits per heavy atom. The predicted molar refractivity (Wildman–Crippen MR) is 82.9 cm³/mol. The molecule has 0 spiro atoms. The first kappa shape index (κ1) is 16.7. The molecule has 0 aliphatic carbocycles. The monoisotopic (exact) mass is 328 g/mol. The Bertz CT molecular complexity index is 548. The van der Waals surface area contributed by atoms with Crippen LogP contribution in [0.15, 0.2) is 18.2 Å². The molecule has 22 heavy (non-hydrogen) atoms. The van der Waals surface area contributed by atoms with Gasteiger partial charge in [-0.05, 0) is 30.7 Å². The van der Waals surface area contributed by atoms with Gasteiger partial charge in [0.05, 0.1) is 5.25 Å². The van der Waals surface area contributed by atoms with E-state index in [-0.39, 0.29) is 22.8 Å². The normalized spacial score (nSPS) is 17.9. The Morgan fingerprint density at radius 3 is 2.73 bits per heavy atom. The molecule has 120 valence electrons. The average Bonchev–Trinajstić information content (AvgIpc) is 2.80. The van der Waals surface area contributed by atoms with Gasteiger partial charge in [-0.3, -0.25) is 9.59 Å². The van der Waals surface area contributed by atoms with Crippen LogP contribution in [0.4, 0.5) is 14.5 Å². The standard InChI is InChI=1S/C15H18F2N2O2S/c1-10(20)18-7-3-9-22-13-6-8-19(15(13)21)14-11(16)4-2-5-12(14)17/h2,4-5,13H,3,6-9H2,1H3,(H,18,20)/t13-/m1/s1. The Labute approximate surface area is 132 Å². The Balaban J connectivity index is 1.89. The van der Waals surface area contributed by atoms with Gasteiger partial charge in [-0.25, -0.2) is 8.78 Å². The molecule has 1 fully saturated rings. The van der Waals surface area contributed by atoms with Gasteiger partial charge in [-0.1, -0.05) is 6.07 Å². The number of nitrogens with zero attached hydrogens (tertiary/aromatic N) is 1. The maximum Gasteiger partial charge on any atom is 0.240 e. The summed E-state index contributed by atoms with van der Waals surface area (Å²) in [5, 5.41) is 2.40. The van der Waals surface area contributed by atoms with E-state index in [2.05, 4.69) is 5.32 Å². The van der Waals surface area contributed by atoms with Crippen LogP contribution in [-0.2, 0) is 9.59 Å². The van der Waals surface area contributed by atoms with E-state index in [1.54, 1.807) is 0 Å². The summed E-state index contributed by atoms with van der Waals surface area (Å²) in [4.78, 5) is 24.2. The lowest BCUT2D eigenvalue weighted by atomic mass is 10.2. The van der Waals surface area contributed by atoms with Crippen LogP contribution in [-0.4, -0.2) is 35.9 Å². The van der Waals surface area contributed by atoms with Gasteiger partial charge >= 0.3 is 0 Å². The second kappa shape index (κ2) is 7.58. The van der Waals surface area contributed by atoms with Crippen LogP contribution in [0.2, 0.25) is 0 Å². The number of carbonyl (C=O) groups excluding carboxylic acids is 2. The van der Waals surface area contributed by atoms with Crippen molar-refractivity contribution in [1.29, 1.82) is 0 Å². The molecular weight excluding hydrogens is 310 g/mol. The van der Waals surface area contributed by atoms with Gasteiger partial charge in [-0.2, -0.15) is 0 Å². The van der Waals surface area contributed by atoms with Gasteiger partial charge in [0, 0.05) is 20.0 Å². The van der Waals surface area contributed by atoms with Crippen LogP contribution in [0, 0.1) is 11.6 Å². The maximum atomic E-state index is 13.7. The molecule has 1 N–H and O–H groups in total. The molecule has 1 aromatic rings. The van der Waals surface area contributed by atoms with Gasteiger partial charge in [0.1, 0.15) is 17.3 Å². The van der Waals surface area contributed by atoms with E-state index < -0.39 is 11.6 Å². The van der Waals surface area contributed by atoms with Gasteiger partial charge in [0.2, 0.25) is 11.8 Å². The van der Waals surface area contributed by atoms with E-state index in [9.17, 15) is 18.4 Å². The van der Waals surface area contributed by atoms with Gasteiger partial charge in [0.15, 0.2) is 0 Å². The van der Waals surface area contributed by atoms with Crippen molar-refractivity contribution >= 4 is 29.3 Å². The van der Waals surface area contributed by atoms with Crippen LogP contribution in [0.5, 0.6) is 0 Å². The largest absolute Gasteiger partial charge is 0.356 e. The number of thioether (sulfide) groups is 1. The number of hydrogen-bond acceptors (Lipinski definition) is 3. The predicted octanol–water partition coefficient (Wildman–Crippen LogP) is 2.33. The molecule has 0 saturated carbocycles. The lowest BCUT2D eigenvalue weighted by Gasteiger charge is -2.18. The first-order valence-corrected chi connectivity index (χ1v) is 8.17. The highest BCUT2D eigenvalue weighted by Crippen LogP contribution is 2.32. The minimum atomic E-state index is -0.718. The summed E-state index contributed by atoms with van der Waals surface area (Å²) in [6, 6.07) is 3.59. The number of carbonyl (C=O) groups is 2. The van der Waals surface area contributed by atoms with E-state index in [0.717, 1.165) is 18.6 Å². The third kappa shape index (κ3) is 3.97. The molecule has 0 radical (unpaired) electrons. The van der Waals surface area contributed by atoms with Crippen molar-refractivity contribution < 1.29 is 18.4 Å². The first-order valence-electron chi connectivity index (χ1n) is 7.12. The third-order valence-corrected chi connectivity index (χ3v) is 4.74. The van der Waals surface area contributed by atoms with Crippen LogP contribution in [0.3, 0.4) is 0 Å². The molecule has 0 bridgehead atoms. The summed E-state index contributed by atoms with van der Waals surface area (Å²) in [7, 11) is 0.